The van der Waals surface area contributed by atoms with Crippen LogP contribution < -0.4 is 25.6 Å². The molecule has 0 spiro atoms. The van der Waals surface area contributed by atoms with Crippen molar-refractivity contribution >= 4 is 46.1 Å². The molecule has 2 atom stereocenters. The summed E-state index contributed by atoms with van der Waals surface area (Å²) in [5, 5.41) is 15.7. The number of nitrogens with two attached hydrogens (primary N) is 1. The number of amides is 1. The molecule has 3 aromatic rings. The number of methoxy groups -OCH3 is 2. The number of aromatic nitrogens is 2. The molecule has 1 aliphatic heterocycles. The van der Waals surface area contributed by atoms with Gasteiger partial charge in [0.25, 0.3) is 0 Å². The first-order chi connectivity index (χ1) is 15.3. The van der Waals surface area contributed by atoms with Gasteiger partial charge in [0.2, 0.25) is 5.95 Å². The zero-order valence-corrected chi connectivity index (χ0v) is 18.8. The highest BCUT2D eigenvalue weighted by Crippen LogP contribution is 2.46. The summed E-state index contributed by atoms with van der Waals surface area (Å²) in [6.07, 6.45) is 0.410. The minimum absolute atomic E-state index is 0.197. The van der Waals surface area contributed by atoms with E-state index in [1.165, 1.54) is 14.2 Å². The van der Waals surface area contributed by atoms with Gasteiger partial charge >= 0.3 is 0 Å². The molecule has 0 saturated carbocycles. The summed E-state index contributed by atoms with van der Waals surface area (Å²) in [5.41, 5.74) is 8.03. The maximum atomic E-state index is 11.1. The van der Waals surface area contributed by atoms with Crippen LogP contribution in [-0.4, -0.2) is 60.4 Å². The lowest BCUT2D eigenvalue weighted by Gasteiger charge is -2.18. The molecule has 0 bridgehead atoms. The minimum atomic E-state index is -1.25. The molecule has 1 aliphatic rings. The Morgan fingerprint density at radius 1 is 1.19 bits per heavy atom. The first kappa shape index (κ1) is 22.2. The number of carbonyl (C=O) groups is 1. The highest BCUT2D eigenvalue weighted by Gasteiger charge is 2.30. The summed E-state index contributed by atoms with van der Waals surface area (Å²) in [6, 6.07) is 6.45. The summed E-state index contributed by atoms with van der Waals surface area (Å²) < 4.78 is 10.7. The number of nitrogens with zero attached hydrogens (tertiary/aromatic N) is 3. The number of benzene rings is 2. The molecule has 32 heavy (non-hydrogen) atoms. The van der Waals surface area contributed by atoms with Gasteiger partial charge in [-0.3, -0.25) is 0 Å². The van der Waals surface area contributed by atoms with Crippen molar-refractivity contribution in [2.45, 2.75) is 12.1 Å². The largest absolute Gasteiger partial charge is 0.530 e. The van der Waals surface area contributed by atoms with Crippen LogP contribution >= 0.6 is 23.2 Å². The Hall–Kier alpha value is -3.01. The molecule has 1 saturated heterocycles. The van der Waals surface area contributed by atoms with Gasteiger partial charge in [-0.2, -0.15) is 0 Å². The number of ether oxygens (including phenoxy) is 2. The van der Waals surface area contributed by atoms with Crippen molar-refractivity contribution in [3.63, 3.8) is 0 Å². The van der Waals surface area contributed by atoms with Gasteiger partial charge in [-0.15, -0.1) is 0 Å². The third-order valence-electron chi connectivity index (χ3n) is 5.38. The summed E-state index contributed by atoms with van der Waals surface area (Å²) in [5.74, 6) is 1.24. The van der Waals surface area contributed by atoms with Gasteiger partial charge < -0.3 is 35.3 Å². The van der Waals surface area contributed by atoms with Crippen LogP contribution in [0.5, 0.6) is 11.5 Å². The van der Waals surface area contributed by atoms with Crippen LogP contribution in [0.2, 0.25) is 10.0 Å². The number of carbonyl (C=O) groups excluding carboxylic acids is 1. The SMILES string of the molecule is COc1cc(OC)c(Cl)c(-c2ccc3nc(N[C@@H]4CN(C(=O)[O-])C[C@@H]4N)ncc3c2)c1Cl. The van der Waals surface area contributed by atoms with E-state index in [-0.39, 0.29) is 25.2 Å². The van der Waals surface area contributed by atoms with Crippen LogP contribution in [0.15, 0.2) is 30.5 Å². The van der Waals surface area contributed by atoms with E-state index in [2.05, 4.69) is 15.3 Å². The van der Waals surface area contributed by atoms with E-state index in [1.807, 2.05) is 18.2 Å². The normalized spacial score (nSPS) is 18.1. The van der Waals surface area contributed by atoms with E-state index >= 15 is 0 Å². The molecular formula is C21H20Cl2N5O4-. The quantitative estimate of drug-likeness (QED) is 0.574. The number of nitrogens with one attached hydrogen (secondary N) is 1. The Balaban J connectivity index is 1.65. The molecule has 1 amide bonds. The molecule has 11 heteroatoms. The number of halogens is 2. The average molecular weight is 477 g/mol. The summed E-state index contributed by atoms with van der Waals surface area (Å²) >= 11 is 13.1. The van der Waals surface area contributed by atoms with Gasteiger partial charge in [0.15, 0.2) is 0 Å². The molecule has 168 valence electrons. The number of rotatable bonds is 5. The third kappa shape index (κ3) is 4.06. The maximum Gasteiger partial charge on any atom is 0.223 e. The number of hydrogen-bond acceptors (Lipinski definition) is 8. The molecule has 0 aliphatic carbocycles. The lowest BCUT2D eigenvalue weighted by Crippen LogP contribution is -2.40. The van der Waals surface area contributed by atoms with Crippen LogP contribution in [0.4, 0.5) is 10.7 Å². The highest BCUT2D eigenvalue weighted by atomic mass is 35.5. The molecule has 2 aromatic carbocycles. The number of likely N-dealkylation sites (tertiary alicyclic amines) is 1. The van der Waals surface area contributed by atoms with Gasteiger partial charge in [0.05, 0.1) is 35.8 Å². The predicted molar refractivity (Wildman–Crippen MR) is 120 cm³/mol. The monoisotopic (exact) mass is 476 g/mol. The minimum Gasteiger partial charge on any atom is -0.530 e. The lowest BCUT2D eigenvalue weighted by molar-refractivity contribution is -0.264. The van der Waals surface area contributed by atoms with Crippen LogP contribution in [0, 0.1) is 0 Å². The molecular weight excluding hydrogens is 457 g/mol. The number of carboxylic acid groups (broad SMARTS) is 1. The molecule has 1 fully saturated rings. The Bertz CT molecular complexity index is 1160. The molecule has 0 radical (unpaired) electrons. The van der Waals surface area contributed by atoms with E-state index in [9.17, 15) is 9.90 Å². The topological polar surface area (TPSA) is 126 Å². The number of hydrogen-bond donors (Lipinski definition) is 2. The Morgan fingerprint density at radius 3 is 2.47 bits per heavy atom. The van der Waals surface area contributed by atoms with Crippen molar-refractivity contribution in [3.8, 4) is 22.6 Å². The van der Waals surface area contributed by atoms with Gasteiger partial charge in [-0.1, -0.05) is 29.3 Å². The van der Waals surface area contributed by atoms with Crippen molar-refractivity contribution in [1.29, 1.82) is 0 Å². The second kappa shape index (κ2) is 8.85. The van der Waals surface area contributed by atoms with Gasteiger partial charge in [0, 0.05) is 42.3 Å². The summed E-state index contributed by atoms with van der Waals surface area (Å²) in [4.78, 5) is 21.1. The van der Waals surface area contributed by atoms with Crippen LogP contribution in [0.3, 0.4) is 0 Å². The van der Waals surface area contributed by atoms with Gasteiger partial charge in [-0.05, 0) is 17.7 Å². The van der Waals surface area contributed by atoms with E-state index in [0.717, 1.165) is 15.8 Å². The van der Waals surface area contributed by atoms with Crippen LogP contribution in [-0.2, 0) is 0 Å². The van der Waals surface area contributed by atoms with Crippen LogP contribution in [0.1, 0.15) is 0 Å². The number of anilines is 1. The van der Waals surface area contributed by atoms with E-state index < -0.39 is 6.09 Å². The summed E-state index contributed by atoms with van der Waals surface area (Å²) in [6.45, 7) is 0.404. The van der Waals surface area contributed by atoms with Crippen molar-refractivity contribution in [2.75, 3.05) is 32.6 Å². The third-order valence-corrected chi connectivity index (χ3v) is 6.13. The zero-order valence-electron chi connectivity index (χ0n) is 17.3. The van der Waals surface area contributed by atoms with E-state index in [4.69, 9.17) is 38.4 Å². The Labute approximate surface area is 194 Å². The Kier molecular flexibility index (Phi) is 6.14. The van der Waals surface area contributed by atoms with Crippen molar-refractivity contribution in [1.82, 2.24) is 14.9 Å². The van der Waals surface area contributed by atoms with Crippen molar-refractivity contribution in [2.24, 2.45) is 5.73 Å². The molecule has 1 aromatic heterocycles. The van der Waals surface area contributed by atoms with Crippen LogP contribution in [0.25, 0.3) is 22.0 Å². The fourth-order valence-corrected chi connectivity index (χ4v) is 4.41. The lowest BCUT2D eigenvalue weighted by atomic mass is 10.0. The molecule has 3 N–H and O–H groups in total. The number of fused-ring (bicyclic) bond motifs is 1. The molecule has 4 rings (SSSR count). The first-order valence-electron chi connectivity index (χ1n) is 9.67. The zero-order chi connectivity index (χ0) is 23.0. The Morgan fingerprint density at radius 2 is 1.88 bits per heavy atom. The predicted octanol–water partition coefficient (Wildman–Crippen LogP) is 2.39. The van der Waals surface area contributed by atoms with Gasteiger partial charge in [-0.25, -0.2) is 9.97 Å². The highest BCUT2D eigenvalue weighted by molar-refractivity contribution is 6.41. The van der Waals surface area contributed by atoms with Crippen molar-refractivity contribution < 1.29 is 19.4 Å². The second-order valence-corrected chi connectivity index (χ2v) is 8.09. The van der Waals surface area contributed by atoms with Crippen molar-refractivity contribution in [3.05, 3.63) is 40.5 Å². The fourth-order valence-electron chi connectivity index (χ4n) is 3.69. The average Bonchev–Trinajstić information content (AvgIpc) is 3.14. The maximum absolute atomic E-state index is 11.1. The van der Waals surface area contributed by atoms with E-state index in [0.29, 0.717) is 38.6 Å². The fraction of sp³-hybridized carbons (Fsp3) is 0.286. The molecule has 9 nitrogen and oxygen atoms in total. The van der Waals surface area contributed by atoms with E-state index in [1.54, 1.807) is 12.3 Å². The molecule has 2 heterocycles. The standard InChI is InChI=1S/C21H21Cl2N5O4/c1-31-15-6-16(32-2)19(23)17(18(15)22)10-3-4-13-11(5-10)7-25-20(26-13)27-14-9-28(21(29)30)8-12(14)24/h3-7,12,14H,8-9,24H2,1-2H3,(H,29,30)(H,25,26,27)/p-1/t12-,14+/m0/s1. The first-order valence-corrected chi connectivity index (χ1v) is 10.4. The second-order valence-electron chi connectivity index (χ2n) is 7.34. The summed E-state index contributed by atoms with van der Waals surface area (Å²) in [7, 11) is 3.03. The van der Waals surface area contributed by atoms with Gasteiger partial charge in [0.1, 0.15) is 17.6 Å². The smallest absolute Gasteiger partial charge is 0.223 e. The molecule has 0 unspecified atom stereocenters.